The van der Waals surface area contributed by atoms with Crippen molar-refractivity contribution in [3.8, 4) is 0 Å². The number of nitrogens with one attached hydrogen (secondary N) is 1. The molecule has 2 unspecified atom stereocenters. The largest absolute Gasteiger partial charge is 0.355 e. The lowest BCUT2D eigenvalue weighted by Crippen LogP contribution is -2.39. The van der Waals surface area contributed by atoms with Crippen LogP contribution in [0, 0.1) is 5.92 Å². The van der Waals surface area contributed by atoms with E-state index in [4.69, 9.17) is 28.9 Å². The highest BCUT2D eigenvalue weighted by Crippen LogP contribution is 2.24. The third-order valence-corrected chi connectivity index (χ3v) is 4.20. The summed E-state index contributed by atoms with van der Waals surface area (Å²) < 4.78 is 0. The Balaban J connectivity index is 0.00000200. The standard InChI is InChI=1S/C14H18Cl2N2O.ClH/c15-10-5-4-9(12(16)8-10)6-7-18-14(19)11-2-1-3-13(11)17;/h4-5,8,11,13H,1-3,6-7,17H2,(H,18,19);1H. The van der Waals surface area contributed by atoms with Gasteiger partial charge in [0.25, 0.3) is 0 Å². The van der Waals surface area contributed by atoms with Crippen LogP contribution in [0.4, 0.5) is 0 Å². The van der Waals surface area contributed by atoms with Crippen LogP contribution in [-0.4, -0.2) is 18.5 Å². The van der Waals surface area contributed by atoms with E-state index in [9.17, 15) is 4.79 Å². The van der Waals surface area contributed by atoms with Crippen LogP contribution in [0.3, 0.4) is 0 Å². The minimum atomic E-state index is -0.0271. The Kier molecular flexibility index (Phi) is 7.10. The Bertz CT molecular complexity index is 468. The summed E-state index contributed by atoms with van der Waals surface area (Å²) in [6, 6.07) is 5.42. The molecular formula is C14H19Cl3N2O. The van der Waals surface area contributed by atoms with Gasteiger partial charge in [-0.25, -0.2) is 0 Å². The molecule has 0 saturated heterocycles. The second-order valence-corrected chi connectivity index (χ2v) is 5.82. The van der Waals surface area contributed by atoms with E-state index >= 15 is 0 Å². The molecule has 1 saturated carbocycles. The number of rotatable bonds is 4. The van der Waals surface area contributed by atoms with E-state index in [1.165, 1.54) is 0 Å². The van der Waals surface area contributed by atoms with Gasteiger partial charge in [0.15, 0.2) is 0 Å². The molecule has 1 aliphatic rings. The van der Waals surface area contributed by atoms with Crippen LogP contribution in [0.1, 0.15) is 24.8 Å². The molecule has 0 radical (unpaired) electrons. The quantitative estimate of drug-likeness (QED) is 0.886. The molecular weight excluding hydrogens is 319 g/mol. The molecule has 3 N–H and O–H groups in total. The van der Waals surface area contributed by atoms with E-state index in [0.29, 0.717) is 23.0 Å². The first-order valence-electron chi connectivity index (χ1n) is 6.55. The normalized spacial score (nSPS) is 21.4. The number of hydrogen-bond acceptors (Lipinski definition) is 2. The predicted molar refractivity (Wildman–Crippen MR) is 85.7 cm³/mol. The fraction of sp³-hybridized carbons (Fsp3) is 0.500. The highest BCUT2D eigenvalue weighted by atomic mass is 35.5. The van der Waals surface area contributed by atoms with Crippen LogP contribution in [0.5, 0.6) is 0 Å². The molecule has 1 aliphatic carbocycles. The second-order valence-electron chi connectivity index (χ2n) is 4.98. The third kappa shape index (κ3) is 4.52. The second kappa shape index (κ2) is 8.08. The summed E-state index contributed by atoms with van der Waals surface area (Å²) in [6.45, 7) is 0.573. The highest BCUT2D eigenvalue weighted by Gasteiger charge is 2.29. The lowest BCUT2D eigenvalue weighted by Gasteiger charge is -2.15. The first kappa shape index (κ1) is 17.6. The van der Waals surface area contributed by atoms with E-state index in [2.05, 4.69) is 5.32 Å². The van der Waals surface area contributed by atoms with Gasteiger partial charge in [0.2, 0.25) is 5.91 Å². The maximum absolute atomic E-state index is 11.9. The van der Waals surface area contributed by atoms with Crippen molar-refractivity contribution in [3.05, 3.63) is 33.8 Å². The molecule has 0 spiro atoms. The number of halogens is 3. The summed E-state index contributed by atoms with van der Waals surface area (Å²) in [5, 5.41) is 4.19. The van der Waals surface area contributed by atoms with Gasteiger partial charge in [0.05, 0.1) is 5.92 Å². The van der Waals surface area contributed by atoms with E-state index < -0.39 is 0 Å². The Labute approximate surface area is 135 Å². The van der Waals surface area contributed by atoms with Crippen LogP contribution in [-0.2, 0) is 11.2 Å². The Morgan fingerprint density at radius 2 is 2.10 bits per heavy atom. The zero-order valence-electron chi connectivity index (χ0n) is 11.1. The maximum atomic E-state index is 11.9. The van der Waals surface area contributed by atoms with Crippen molar-refractivity contribution in [2.24, 2.45) is 11.7 Å². The van der Waals surface area contributed by atoms with E-state index in [1.54, 1.807) is 12.1 Å². The van der Waals surface area contributed by atoms with Crippen molar-refractivity contribution in [2.45, 2.75) is 31.7 Å². The molecule has 1 aromatic carbocycles. The highest BCUT2D eigenvalue weighted by molar-refractivity contribution is 6.35. The Morgan fingerprint density at radius 1 is 1.35 bits per heavy atom. The molecule has 0 bridgehead atoms. The molecule has 112 valence electrons. The van der Waals surface area contributed by atoms with Crippen molar-refractivity contribution in [2.75, 3.05) is 6.54 Å². The van der Waals surface area contributed by atoms with Crippen LogP contribution >= 0.6 is 35.6 Å². The topological polar surface area (TPSA) is 55.1 Å². The fourth-order valence-corrected chi connectivity index (χ4v) is 2.99. The third-order valence-electron chi connectivity index (χ3n) is 3.61. The molecule has 1 fully saturated rings. The number of carbonyl (C=O) groups excluding carboxylic acids is 1. The fourth-order valence-electron chi connectivity index (χ4n) is 2.49. The molecule has 1 aromatic rings. The number of nitrogens with two attached hydrogens (primary N) is 1. The summed E-state index contributed by atoms with van der Waals surface area (Å²) in [5.41, 5.74) is 6.89. The average Bonchev–Trinajstić information content (AvgIpc) is 2.78. The van der Waals surface area contributed by atoms with Gasteiger partial charge >= 0.3 is 0 Å². The van der Waals surface area contributed by atoms with Crippen molar-refractivity contribution in [1.82, 2.24) is 5.32 Å². The molecule has 0 aliphatic heterocycles. The lowest BCUT2D eigenvalue weighted by molar-refractivity contribution is -0.125. The monoisotopic (exact) mass is 336 g/mol. The zero-order valence-corrected chi connectivity index (χ0v) is 13.4. The number of carbonyl (C=O) groups is 1. The summed E-state index contributed by atoms with van der Waals surface area (Å²) >= 11 is 11.9. The molecule has 1 amide bonds. The van der Waals surface area contributed by atoms with Gasteiger partial charge < -0.3 is 11.1 Å². The number of benzene rings is 1. The van der Waals surface area contributed by atoms with Crippen LogP contribution in [0.15, 0.2) is 18.2 Å². The first-order chi connectivity index (χ1) is 9.08. The van der Waals surface area contributed by atoms with Crippen molar-refractivity contribution < 1.29 is 4.79 Å². The summed E-state index contributed by atoms with van der Waals surface area (Å²) in [6.07, 6.45) is 3.59. The number of hydrogen-bond donors (Lipinski definition) is 2. The Morgan fingerprint density at radius 3 is 2.70 bits per heavy atom. The molecule has 6 heteroatoms. The van der Waals surface area contributed by atoms with Gasteiger partial charge in [0, 0.05) is 22.6 Å². The predicted octanol–water partition coefficient (Wildman–Crippen LogP) is 3.20. The minimum absolute atomic E-state index is 0. The summed E-state index contributed by atoms with van der Waals surface area (Å²) in [7, 11) is 0. The van der Waals surface area contributed by atoms with Gasteiger partial charge in [-0.3, -0.25) is 4.79 Å². The van der Waals surface area contributed by atoms with Gasteiger partial charge in [-0.1, -0.05) is 35.7 Å². The van der Waals surface area contributed by atoms with Gasteiger partial charge in [-0.05, 0) is 37.0 Å². The van der Waals surface area contributed by atoms with E-state index in [0.717, 1.165) is 24.8 Å². The van der Waals surface area contributed by atoms with E-state index in [-0.39, 0.29) is 30.3 Å². The zero-order chi connectivity index (χ0) is 13.8. The van der Waals surface area contributed by atoms with Crippen LogP contribution in [0.25, 0.3) is 0 Å². The van der Waals surface area contributed by atoms with Crippen molar-refractivity contribution in [3.63, 3.8) is 0 Å². The van der Waals surface area contributed by atoms with Crippen molar-refractivity contribution in [1.29, 1.82) is 0 Å². The van der Waals surface area contributed by atoms with Crippen LogP contribution in [0.2, 0.25) is 10.0 Å². The van der Waals surface area contributed by atoms with Crippen LogP contribution < -0.4 is 11.1 Å². The molecule has 0 aromatic heterocycles. The smallest absolute Gasteiger partial charge is 0.224 e. The molecule has 0 heterocycles. The van der Waals surface area contributed by atoms with Gasteiger partial charge in [-0.2, -0.15) is 0 Å². The average molecular weight is 338 g/mol. The van der Waals surface area contributed by atoms with E-state index in [1.807, 2.05) is 6.07 Å². The molecule has 20 heavy (non-hydrogen) atoms. The lowest BCUT2D eigenvalue weighted by atomic mass is 10.0. The molecule has 2 rings (SSSR count). The Hall–Kier alpha value is -0.480. The summed E-state index contributed by atoms with van der Waals surface area (Å²) in [5.74, 6) is 0.0378. The maximum Gasteiger partial charge on any atom is 0.224 e. The SMILES string of the molecule is Cl.NC1CCCC1C(=O)NCCc1ccc(Cl)cc1Cl. The van der Waals surface area contributed by atoms with Gasteiger partial charge in [-0.15, -0.1) is 12.4 Å². The summed E-state index contributed by atoms with van der Waals surface area (Å²) in [4.78, 5) is 11.9. The van der Waals surface area contributed by atoms with Crippen molar-refractivity contribution >= 4 is 41.5 Å². The minimum Gasteiger partial charge on any atom is -0.355 e. The van der Waals surface area contributed by atoms with Gasteiger partial charge in [0.1, 0.15) is 0 Å². The molecule has 2 atom stereocenters. The number of amides is 1. The molecule has 3 nitrogen and oxygen atoms in total. The first-order valence-corrected chi connectivity index (χ1v) is 7.30.